The second kappa shape index (κ2) is 8.02. The highest BCUT2D eigenvalue weighted by molar-refractivity contribution is 6.20. The summed E-state index contributed by atoms with van der Waals surface area (Å²) in [5.41, 5.74) is 1.93. The first-order valence-electron chi connectivity index (χ1n) is 12.0. The summed E-state index contributed by atoms with van der Waals surface area (Å²) in [5, 5.41) is 9.85. The largest absolute Gasteiger partial charge is 0.464 e. The van der Waals surface area contributed by atoms with Gasteiger partial charge in [-0.15, -0.1) is 0 Å². The Morgan fingerprint density at radius 3 is 2.03 bits per heavy atom. The summed E-state index contributed by atoms with van der Waals surface area (Å²) in [4.78, 5) is 0. The number of rotatable bonds is 7. The van der Waals surface area contributed by atoms with Gasteiger partial charge in [0.1, 0.15) is 16.9 Å². The smallest absolute Gasteiger partial charge is 0.134 e. The molecule has 6 rings (SSSR count). The first-order valence-corrected chi connectivity index (χ1v) is 12.0. The van der Waals surface area contributed by atoms with Crippen LogP contribution < -0.4 is 0 Å². The van der Waals surface area contributed by atoms with E-state index in [1.54, 1.807) is 6.26 Å². The summed E-state index contributed by atoms with van der Waals surface area (Å²) < 4.78 is 11.9. The molecule has 2 heterocycles. The second-order valence-electron chi connectivity index (χ2n) is 9.10. The molecular weight excluding hydrogens is 392 g/mol. The molecule has 0 bridgehead atoms. The predicted octanol–water partition coefficient (Wildman–Crippen LogP) is 9.54. The molecular formula is C30H28O2. The van der Waals surface area contributed by atoms with Crippen molar-refractivity contribution in [3.8, 4) is 0 Å². The Morgan fingerprint density at radius 2 is 1.25 bits per heavy atom. The Balaban J connectivity index is 1.38. The Hall–Kier alpha value is -3.26. The number of aryl methyl sites for hydroxylation is 1. The third-order valence-electron chi connectivity index (χ3n) is 6.87. The van der Waals surface area contributed by atoms with E-state index in [-0.39, 0.29) is 0 Å². The van der Waals surface area contributed by atoms with E-state index in [1.807, 2.05) is 6.07 Å². The lowest BCUT2D eigenvalue weighted by atomic mass is 9.96. The van der Waals surface area contributed by atoms with Gasteiger partial charge in [-0.1, -0.05) is 63.3 Å². The van der Waals surface area contributed by atoms with Gasteiger partial charge in [-0.05, 0) is 75.1 Å². The zero-order valence-corrected chi connectivity index (χ0v) is 18.6. The molecule has 0 saturated heterocycles. The number of furan rings is 2. The zero-order valence-electron chi connectivity index (χ0n) is 18.6. The van der Waals surface area contributed by atoms with Crippen LogP contribution in [-0.2, 0) is 6.42 Å². The number of benzene rings is 4. The molecule has 2 heteroatoms. The molecule has 0 amide bonds. The van der Waals surface area contributed by atoms with E-state index in [4.69, 9.17) is 8.83 Å². The molecule has 0 aliphatic heterocycles. The fourth-order valence-corrected chi connectivity index (χ4v) is 5.13. The Labute approximate surface area is 187 Å². The molecule has 160 valence electrons. The Kier molecular flexibility index (Phi) is 4.87. The normalized spacial score (nSPS) is 12.2. The molecule has 0 radical (unpaired) electrons. The van der Waals surface area contributed by atoms with E-state index in [0.717, 1.165) is 28.7 Å². The van der Waals surface area contributed by atoms with Crippen LogP contribution in [0, 0.1) is 0 Å². The van der Waals surface area contributed by atoms with Crippen molar-refractivity contribution in [3.63, 3.8) is 0 Å². The first kappa shape index (κ1) is 19.4. The first-order chi connectivity index (χ1) is 15.8. The third kappa shape index (κ3) is 3.35. The molecule has 0 aliphatic rings. The van der Waals surface area contributed by atoms with Gasteiger partial charge in [-0.2, -0.15) is 0 Å². The molecule has 0 spiro atoms. The van der Waals surface area contributed by atoms with Crippen molar-refractivity contribution >= 4 is 54.3 Å². The van der Waals surface area contributed by atoms with Crippen LogP contribution in [0.25, 0.3) is 54.3 Å². The van der Waals surface area contributed by atoms with Crippen molar-refractivity contribution in [1.29, 1.82) is 0 Å². The Bertz CT molecular complexity index is 1560. The molecule has 32 heavy (non-hydrogen) atoms. The van der Waals surface area contributed by atoms with Crippen LogP contribution in [0.2, 0.25) is 0 Å². The molecule has 0 saturated carbocycles. The minimum atomic E-state index is 0.936. The average molecular weight is 421 g/mol. The van der Waals surface area contributed by atoms with E-state index in [1.165, 1.54) is 76.2 Å². The summed E-state index contributed by atoms with van der Waals surface area (Å²) in [6, 6.07) is 22.1. The molecule has 6 aromatic rings. The van der Waals surface area contributed by atoms with Crippen LogP contribution in [0.1, 0.15) is 51.2 Å². The molecule has 4 aromatic carbocycles. The average Bonchev–Trinajstić information content (AvgIpc) is 3.43. The standard InChI is InChI=1S/C30H28O2/c1-2-3-4-5-6-7-8-24-17-23-16-21-10-12-25-26(28(21)19-30(23)32-24)11-9-20-15-22-13-14-31-29(22)18-27(20)25/h9-19H,2-8H2,1H3. The van der Waals surface area contributed by atoms with Gasteiger partial charge in [0, 0.05) is 17.2 Å². The number of fused-ring (bicyclic) bond motifs is 7. The molecule has 0 N–H and O–H groups in total. The highest BCUT2D eigenvalue weighted by atomic mass is 16.3. The van der Waals surface area contributed by atoms with Gasteiger partial charge in [-0.3, -0.25) is 0 Å². The van der Waals surface area contributed by atoms with E-state index < -0.39 is 0 Å². The van der Waals surface area contributed by atoms with Crippen molar-refractivity contribution in [2.24, 2.45) is 0 Å². The van der Waals surface area contributed by atoms with E-state index in [9.17, 15) is 0 Å². The lowest BCUT2D eigenvalue weighted by Crippen LogP contribution is -1.83. The van der Waals surface area contributed by atoms with Gasteiger partial charge in [0.05, 0.1) is 6.26 Å². The van der Waals surface area contributed by atoms with Crippen LogP contribution in [0.5, 0.6) is 0 Å². The van der Waals surface area contributed by atoms with Gasteiger partial charge in [0.25, 0.3) is 0 Å². The minimum absolute atomic E-state index is 0.936. The van der Waals surface area contributed by atoms with E-state index >= 15 is 0 Å². The summed E-state index contributed by atoms with van der Waals surface area (Å²) >= 11 is 0. The van der Waals surface area contributed by atoms with Gasteiger partial charge in [0.15, 0.2) is 0 Å². The third-order valence-corrected chi connectivity index (χ3v) is 6.87. The fraction of sp³-hybridized carbons (Fsp3) is 0.267. The summed E-state index contributed by atoms with van der Waals surface area (Å²) in [7, 11) is 0. The molecule has 0 aliphatic carbocycles. The molecule has 0 unspecified atom stereocenters. The second-order valence-corrected chi connectivity index (χ2v) is 9.10. The number of hydrogen-bond acceptors (Lipinski definition) is 2. The lowest BCUT2D eigenvalue weighted by molar-refractivity contribution is 0.522. The van der Waals surface area contributed by atoms with Crippen molar-refractivity contribution in [3.05, 3.63) is 72.7 Å². The van der Waals surface area contributed by atoms with Gasteiger partial charge in [0.2, 0.25) is 0 Å². The molecule has 0 atom stereocenters. The van der Waals surface area contributed by atoms with Crippen LogP contribution in [-0.4, -0.2) is 0 Å². The highest BCUT2D eigenvalue weighted by Crippen LogP contribution is 2.36. The van der Waals surface area contributed by atoms with Crippen molar-refractivity contribution in [2.45, 2.75) is 51.9 Å². The van der Waals surface area contributed by atoms with E-state index in [0.29, 0.717) is 0 Å². The number of unbranched alkanes of at least 4 members (excludes halogenated alkanes) is 5. The highest BCUT2D eigenvalue weighted by Gasteiger charge is 2.10. The van der Waals surface area contributed by atoms with E-state index in [2.05, 4.69) is 61.5 Å². The van der Waals surface area contributed by atoms with Crippen molar-refractivity contribution in [1.82, 2.24) is 0 Å². The van der Waals surface area contributed by atoms with Gasteiger partial charge < -0.3 is 8.83 Å². The number of hydrogen-bond donors (Lipinski definition) is 0. The Morgan fingerprint density at radius 1 is 0.562 bits per heavy atom. The lowest BCUT2D eigenvalue weighted by Gasteiger charge is -2.08. The minimum Gasteiger partial charge on any atom is -0.464 e. The summed E-state index contributed by atoms with van der Waals surface area (Å²) in [6.45, 7) is 2.27. The quantitative estimate of drug-likeness (QED) is 0.190. The molecule has 2 aromatic heterocycles. The van der Waals surface area contributed by atoms with Crippen LogP contribution in [0.3, 0.4) is 0 Å². The maximum atomic E-state index is 6.27. The van der Waals surface area contributed by atoms with Crippen LogP contribution >= 0.6 is 0 Å². The maximum absolute atomic E-state index is 6.27. The maximum Gasteiger partial charge on any atom is 0.134 e. The fourth-order valence-electron chi connectivity index (χ4n) is 5.13. The zero-order chi connectivity index (χ0) is 21.5. The monoisotopic (exact) mass is 420 g/mol. The summed E-state index contributed by atoms with van der Waals surface area (Å²) in [5.74, 6) is 1.11. The molecule has 0 fully saturated rings. The van der Waals surface area contributed by atoms with Gasteiger partial charge in [-0.25, -0.2) is 0 Å². The topological polar surface area (TPSA) is 26.3 Å². The molecule has 2 nitrogen and oxygen atoms in total. The van der Waals surface area contributed by atoms with Gasteiger partial charge >= 0.3 is 0 Å². The van der Waals surface area contributed by atoms with Crippen LogP contribution in [0.4, 0.5) is 0 Å². The SMILES string of the molecule is CCCCCCCCc1cc2cc3ccc4c5cc6occc6cc5ccc4c3cc2o1. The van der Waals surface area contributed by atoms with Crippen molar-refractivity contribution < 1.29 is 8.83 Å². The summed E-state index contributed by atoms with van der Waals surface area (Å²) in [6.07, 6.45) is 10.6. The predicted molar refractivity (Wildman–Crippen MR) is 136 cm³/mol. The van der Waals surface area contributed by atoms with Crippen LogP contribution in [0.15, 0.2) is 75.8 Å². The van der Waals surface area contributed by atoms with Crippen molar-refractivity contribution in [2.75, 3.05) is 0 Å².